The summed E-state index contributed by atoms with van der Waals surface area (Å²) in [5.74, 6) is -0.904. The normalized spacial score (nSPS) is 19.9. The van der Waals surface area contributed by atoms with Crippen LogP contribution >= 0.6 is 0 Å². The molecular formula is C22H26FN3O3S. The van der Waals surface area contributed by atoms with Gasteiger partial charge in [0, 0.05) is 24.8 Å². The minimum atomic E-state index is -3.60. The van der Waals surface area contributed by atoms with Crippen molar-refractivity contribution in [2.75, 3.05) is 25.0 Å². The van der Waals surface area contributed by atoms with E-state index < -0.39 is 27.0 Å². The van der Waals surface area contributed by atoms with Crippen LogP contribution in [0.3, 0.4) is 0 Å². The van der Waals surface area contributed by atoms with Crippen molar-refractivity contribution in [3.8, 4) is 0 Å². The SMILES string of the molecule is O=C(CN(C1CC1)S(=O)(=O)C1CCN(Cc2ccccc2)C1)Nc1cccc(F)c1. The number of carbonyl (C=O) groups excluding carboxylic acids is 1. The Balaban J connectivity index is 1.40. The molecule has 0 radical (unpaired) electrons. The van der Waals surface area contributed by atoms with Gasteiger partial charge in [0.2, 0.25) is 15.9 Å². The van der Waals surface area contributed by atoms with Crippen LogP contribution in [0.2, 0.25) is 0 Å². The average Bonchev–Trinajstić information content (AvgIpc) is 3.44. The number of carbonyl (C=O) groups is 1. The molecule has 2 aliphatic rings. The number of benzene rings is 2. The van der Waals surface area contributed by atoms with Crippen molar-refractivity contribution in [3.63, 3.8) is 0 Å². The van der Waals surface area contributed by atoms with E-state index in [4.69, 9.17) is 0 Å². The van der Waals surface area contributed by atoms with Crippen molar-refractivity contribution in [3.05, 3.63) is 66.0 Å². The summed E-state index contributed by atoms with van der Waals surface area (Å²) in [6.45, 7) is 1.66. The van der Waals surface area contributed by atoms with Crippen LogP contribution in [0.25, 0.3) is 0 Å². The second-order valence-electron chi connectivity index (χ2n) is 8.01. The second-order valence-corrected chi connectivity index (χ2v) is 10.2. The summed E-state index contributed by atoms with van der Waals surface area (Å²) in [4.78, 5) is 14.6. The van der Waals surface area contributed by atoms with Gasteiger partial charge < -0.3 is 5.32 Å². The number of hydrogen-bond acceptors (Lipinski definition) is 4. The highest BCUT2D eigenvalue weighted by atomic mass is 32.2. The predicted molar refractivity (Wildman–Crippen MR) is 114 cm³/mol. The largest absolute Gasteiger partial charge is 0.325 e. The minimum absolute atomic E-state index is 0.114. The van der Waals surface area contributed by atoms with Gasteiger partial charge in [-0.05, 0) is 49.6 Å². The number of nitrogens with zero attached hydrogens (tertiary/aromatic N) is 2. The zero-order valence-corrected chi connectivity index (χ0v) is 17.5. The van der Waals surface area contributed by atoms with Gasteiger partial charge in [-0.1, -0.05) is 36.4 Å². The fourth-order valence-corrected chi connectivity index (χ4v) is 6.02. The summed E-state index contributed by atoms with van der Waals surface area (Å²) in [5, 5.41) is 2.09. The Kier molecular flexibility index (Phi) is 6.17. The molecule has 30 heavy (non-hydrogen) atoms. The van der Waals surface area contributed by atoms with Gasteiger partial charge in [-0.2, -0.15) is 4.31 Å². The number of likely N-dealkylation sites (tertiary alicyclic amines) is 1. The fraction of sp³-hybridized carbons (Fsp3) is 0.409. The number of anilines is 1. The Bertz CT molecular complexity index is 996. The van der Waals surface area contributed by atoms with E-state index in [1.54, 1.807) is 6.07 Å². The number of sulfonamides is 1. The Labute approximate surface area is 176 Å². The summed E-state index contributed by atoms with van der Waals surface area (Å²) >= 11 is 0. The van der Waals surface area contributed by atoms with Gasteiger partial charge in [-0.25, -0.2) is 12.8 Å². The first-order chi connectivity index (χ1) is 14.4. The molecule has 1 aliphatic heterocycles. The summed E-state index contributed by atoms with van der Waals surface area (Å²) in [6.07, 6.45) is 2.10. The highest BCUT2D eigenvalue weighted by molar-refractivity contribution is 7.89. The molecule has 2 aromatic carbocycles. The average molecular weight is 432 g/mol. The summed E-state index contributed by atoms with van der Waals surface area (Å²) in [7, 11) is -3.60. The topological polar surface area (TPSA) is 69.7 Å². The van der Waals surface area contributed by atoms with E-state index in [-0.39, 0.29) is 12.6 Å². The van der Waals surface area contributed by atoms with Crippen molar-refractivity contribution in [1.82, 2.24) is 9.21 Å². The molecule has 0 bridgehead atoms. The van der Waals surface area contributed by atoms with Crippen molar-refractivity contribution < 1.29 is 17.6 Å². The molecule has 4 rings (SSSR count). The van der Waals surface area contributed by atoms with E-state index in [9.17, 15) is 17.6 Å². The molecule has 1 saturated heterocycles. The van der Waals surface area contributed by atoms with E-state index >= 15 is 0 Å². The zero-order chi connectivity index (χ0) is 21.1. The molecule has 160 valence electrons. The Hall–Kier alpha value is -2.29. The quantitative estimate of drug-likeness (QED) is 0.698. The molecule has 2 aromatic rings. The van der Waals surface area contributed by atoms with Gasteiger partial charge >= 0.3 is 0 Å². The molecule has 1 atom stereocenters. The number of rotatable bonds is 8. The molecule has 1 N–H and O–H groups in total. The third kappa shape index (κ3) is 5.06. The highest BCUT2D eigenvalue weighted by Gasteiger charge is 2.44. The van der Waals surface area contributed by atoms with Crippen LogP contribution in [0.5, 0.6) is 0 Å². The molecule has 1 aliphatic carbocycles. The van der Waals surface area contributed by atoms with E-state index in [0.717, 1.165) is 24.9 Å². The molecule has 0 aromatic heterocycles. The molecular weight excluding hydrogens is 405 g/mol. The Morgan fingerprint density at radius 2 is 1.87 bits per heavy atom. The first kappa shape index (κ1) is 21.0. The smallest absolute Gasteiger partial charge is 0.239 e. The lowest BCUT2D eigenvalue weighted by molar-refractivity contribution is -0.116. The van der Waals surface area contributed by atoms with Crippen LogP contribution < -0.4 is 5.32 Å². The molecule has 2 fully saturated rings. The highest BCUT2D eigenvalue weighted by Crippen LogP contribution is 2.33. The number of hydrogen-bond donors (Lipinski definition) is 1. The molecule has 0 spiro atoms. The third-order valence-corrected chi connectivity index (χ3v) is 7.90. The maximum Gasteiger partial charge on any atom is 0.239 e. The van der Waals surface area contributed by atoms with Gasteiger partial charge in [0.05, 0.1) is 11.8 Å². The van der Waals surface area contributed by atoms with E-state index in [2.05, 4.69) is 10.2 Å². The lowest BCUT2D eigenvalue weighted by atomic mass is 10.2. The van der Waals surface area contributed by atoms with Gasteiger partial charge in [0.15, 0.2) is 0 Å². The zero-order valence-electron chi connectivity index (χ0n) is 16.7. The van der Waals surface area contributed by atoms with Crippen LogP contribution in [0.4, 0.5) is 10.1 Å². The van der Waals surface area contributed by atoms with Gasteiger partial charge in [0.25, 0.3) is 0 Å². The maximum atomic E-state index is 13.3. The monoisotopic (exact) mass is 431 g/mol. The van der Waals surface area contributed by atoms with Gasteiger partial charge in [-0.15, -0.1) is 0 Å². The lowest BCUT2D eigenvalue weighted by Gasteiger charge is -2.25. The second kappa shape index (κ2) is 8.83. The summed E-state index contributed by atoms with van der Waals surface area (Å²) < 4.78 is 41.3. The van der Waals surface area contributed by atoms with Crippen molar-refractivity contribution >= 4 is 21.6 Å². The van der Waals surface area contributed by atoms with Crippen LogP contribution in [-0.4, -0.2) is 54.5 Å². The molecule has 8 heteroatoms. The minimum Gasteiger partial charge on any atom is -0.325 e. The van der Waals surface area contributed by atoms with E-state index in [0.29, 0.717) is 25.2 Å². The van der Waals surface area contributed by atoms with Gasteiger partial charge in [-0.3, -0.25) is 9.69 Å². The van der Waals surface area contributed by atoms with Crippen molar-refractivity contribution in [2.45, 2.75) is 37.1 Å². The first-order valence-corrected chi connectivity index (χ1v) is 11.7. The number of halogens is 1. The fourth-order valence-electron chi connectivity index (χ4n) is 3.91. The molecule has 1 saturated carbocycles. The first-order valence-electron chi connectivity index (χ1n) is 10.2. The van der Waals surface area contributed by atoms with E-state index in [1.165, 1.54) is 22.5 Å². The van der Waals surface area contributed by atoms with Crippen molar-refractivity contribution in [2.24, 2.45) is 0 Å². The molecule has 1 heterocycles. The van der Waals surface area contributed by atoms with Crippen molar-refractivity contribution in [1.29, 1.82) is 0 Å². The predicted octanol–water partition coefficient (Wildman–Crippen LogP) is 2.83. The van der Waals surface area contributed by atoms with Gasteiger partial charge in [0.1, 0.15) is 5.82 Å². The summed E-state index contributed by atoms with van der Waals surface area (Å²) in [6, 6.07) is 15.5. The van der Waals surface area contributed by atoms with E-state index in [1.807, 2.05) is 30.3 Å². The summed E-state index contributed by atoms with van der Waals surface area (Å²) in [5.41, 5.74) is 1.48. The standard InChI is InChI=1S/C22H26FN3O3S/c23-18-7-4-8-19(13-18)24-22(27)16-26(20-9-10-20)30(28,29)21-11-12-25(15-21)14-17-5-2-1-3-6-17/h1-8,13,20-21H,9-12,14-16H2,(H,24,27). The van der Waals surface area contributed by atoms with Crippen LogP contribution in [0.15, 0.2) is 54.6 Å². The van der Waals surface area contributed by atoms with Crippen LogP contribution in [0, 0.1) is 5.82 Å². The number of nitrogens with one attached hydrogen (secondary N) is 1. The van der Waals surface area contributed by atoms with Crippen LogP contribution in [-0.2, 0) is 21.4 Å². The maximum absolute atomic E-state index is 13.3. The molecule has 6 nitrogen and oxygen atoms in total. The lowest BCUT2D eigenvalue weighted by Crippen LogP contribution is -2.45. The molecule has 1 unspecified atom stereocenters. The van der Waals surface area contributed by atoms with Crippen LogP contribution in [0.1, 0.15) is 24.8 Å². The number of amides is 1. The Morgan fingerprint density at radius 3 is 2.57 bits per heavy atom. The Morgan fingerprint density at radius 1 is 1.10 bits per heavy atom. The molecule has 1 amide bonds. The third-order valence-electron chi connectivity index (χ3n) is 5.59.